The lowest BCUT2D eigenvalue weighted by molar-refractivity contribution is -0.124. The van der Waals surface area contributed by atoms with E-state index in [2.05, 4.69) is 44.8 Å². The van der Waals surface area contributed by atoms with Crippen molar-refractivity contribution < 1.29 is 5.11 Å². The topological polar surface area (TPSA) is 33.1 Å². The monoisotopic (exact) mass is 301 g/mol. The fourth-order valence-corrected chi connectivity index (χ4v) is 5.72. The molecule has 0 amide bonds. The molecule has 2 aliphatic rings. The van der Waals surface area contributed by atoms with Crippen molar-refractivity contribution in [1.82, 2.24) is 4.98 Å². The Morgan fingerprint density at radius 3 is 2.68 bits per heavy atom. The summed E-state index contributed by atoms with van der Waals surface area (Å²) in [5.74, 6) is 0.962. The summed E-state index contributed by atoms with van der Waals surface area (Å²) >= 11 is 0. The van der Waals surface area contributed by atoms with Crippen molar-refractivity contribution in [2.45, 2.75) is 71.8 Å². The summed E-state index contributed by atoms with van der Waals surface area (Å²) in [4.78, 5) is 4.53. The maximum absolute atomic E-state index is 11.8. The molecule has 4 atom stereocenters. The molecule has 2 aliphatic carbocycles. The summed E-state index contributed by atoms with van der Waals surface area (Å²) in [5, 5.41) is 11.8. The van der Waals surface area contributed by atoms with Gasteiger partial charge in [0, 0.05) is 17.3 Å². The summed E-state index contributed by atoms with van der Waals surface area (Å²) in [6.07, 6.45) is 8.44. The Kier molecular flexibility index (Phi) is 3.87. The summed E-state index contributed by atoms with van der Waals surface area (Å²) in [5.41, 5.74) is 0.857. The van der Waals surface area contributed by atoms with Gasteiger partial charge in [0.1, 0.15) is 0 Å². The summed E-state index contributed by atoms with van der Waals surface area (Å²) in [6, 6.07) is 6.15. The van der Waals surface area contributed by atoms with Gasteiger partial charge in [0.05, 0.1) is 5.60 Å². The number of rotatable bonds is 5. The highest BCUT2D eigenvalue weighted by Gasteiger charge is 2.72. The van der Waals surface area contributed by atoms with Crippen LogP contribution >= 0.6 is 0 Å². The largest absolute Gasteiger partial charge is 0.389 e. The zero-order valence-corrected chi connectivity index (χ0v) is 14.6. The van der Waals surface area contributed by atoms with Gasteiger partial charge in [-0.1, -0.05) is 46.6 Å². The molecule has 0 radical (unpaired) electrons. The van der Waals surface area contributed by atoms with Crippen LogP contribution in [0.1, 0.15) is 65.5 Å². The summed E-state index contributed by atoms with van der Waals surface area (Å²) in [6.45, 7) is 9.35. The number of fused-ring (bicyclic) bond motifs is 2. The van der Waals surface area contributed by atoms with Crippen molar-refractivity contribution in [3.63, 3.8) is 0 Å². The molecule has 22 heavy (non-hydrogen) atoms. The first-order valence-electron chi connectivity index (χ1n) is 8.99. The van der Waals surface area contributed by atoms with E-state index in [1.807, 2.05) is 12.3 Å². The fourth-order valence-electron chi connectivity index (χ4n) is 5.72. The summed E-state index contributed by atoms with van der Waals surface area (Å²) in [7, 11) is 0. The second kappa shape index (κ2) is 5.33. The molecule has 2 bridgehead atoms. The normalized spacial score (nSPS) is 39.3. The van der Waals surface area contributed by atoms with E-state index < -0.39 is 5.60 Å². The highest BCUT2D eigenvalue weighted by Crippen LogP contribution is 2.73. The molecule has 1 aromatic heterocycles. The van der Waals surface area contributed by atoms with E-state index in [1.54, 1.807) is 0 Å². The number of pyridine rings is 1. The van der Waals surface area contributed by atoms with Crippen molar-refractivity contribution >= 4 is 0 Å². The van der Waals surface area contributed by atoms with E-state index in [9.17, 15) is 5.11 Å². The van der Waals surface area contributed by atoms with E-state index in [0.29, 0.717) is 11.8 Å². The van der Waals surface area contributed by atoms with Crippen molar-refractivity contribution in [3.8, 4) is 0 Å². The lowest BCUT2D eigenvalue weighted by Crippen LogP contribution is -2.51. The van der Waals surface area contributed by atoms with Gasteiger partial charge in [-0.2, -0.15) is 0 Å². The first kappa shape index (κ1) is 16.0. The molecule has 2 fully saturated rings. The van der Waals surface area contributed by atoms with Gasteiger partial charge in [0.25, 0.3) is 0 Å². The van der Waals surface area contributed by atoms with Gasteiger partial charge in [-0.3, -0.25) is 4.98 Å². The molecule has 0 saturated heterocycles. The van der Waals surface area contributed by atoms with Gasteiger partial charge in [-0.25, -0.2) is 0 Å². The molecule has 0 unspecified atom stereocenters. The average Bonchev–Trinajstić information content (AvgIpc) is 2.80. The van der Waals surface area contributed by atoms with Crippen LogP contribution in [0.5, 0.6) is 0 Å². The molecule has 0 spiro atoms. The highest BCUT2D eigenvalue weighted by atomic mass is 16.3. The number of aromatic nitrogens is 1. The van der Waals surface area contributed by atoms with Crippen LogP contribution in [-0.2, 0) is 6.42 Å². The average molecular weight is 301 g/mol. The lowest BCUT2D eigenvalue weighted by atomic mass is 9.61. The third-order valence-corrected chi connectivity index (χ3v) is 7.43. The van der Waals surface area contributed by atoms with Gasteiger partial charge >= 0.3 is 0 Å². The van der Waals surface area contributed by atoms with Crippen molar-refractivity contribution in [1.29, 1.82) is 0 Å². The zero-order valence-electron chi connectivity index (χ0n) is 14.6. The predicted molar refractivity (Wildman–Crippen MR) is 90.5 cm³/mol. The quantitative estimate of drug-likeness (QED) is 0.861. The molecule has 2 heteroatoms. The first-order chi connectivity index (χ1) is 10.4. The second-order valence-electron chi connectivity index (χ2n) is 8.36. The van der Waals surface area contributed by atoms with Gasteiger partial charge in [-0.05, 0) is 55.1 Å². The molecule has 2 saturated carbocycles. The van der Waals surface area contributed by atoms with Crippen molar-refractivity contribution in [2.24, 2.45) is 22.7 Å². The Balaban J connectivity index is 1.96. The maximum Gasteiger partial charge on any atom is 0.0740 e. The molecule has 2 nitrogen and oxygen atoms in total. The van der Waals surface area contributed by atoms with Crippen LogP contribution < -0.4 is 0 Å². The van der Waals surface area contributed by atoms with Crippen LogP contribution in [0.25, 0.3) is 0 Å². The van der Waals surface area contributed by atoms with Gasteiger partial charge in [-0.15, -0.1) is 0 Å². The van der Waals surface area contributed by atoms with Crippen LogP contribution in [0.3, 0.4) is 0 Å². The Bertz CT molecular complexity index is 526. The smallest absolute Gasteiger partial charge is 0.0740 e. The fraction of sp³-hybridized carbons (Fsp3) is 0.750. The molecule has 1 heterocycles. The standard InChI is InChI=1S/C20H31NO/c1-5-6-11-20(22)17(14-15-9-7-8-13-21-15)16-10-12-19(20,4)18(16,2)3/h7-9,13,16-17,22H,5-6,10-12,14H2,1-4H3/t16-,17-,19-,20-/m1/s1. The zero-order chi connectivity index (χ0) is 16.0. The number of unbranched alkanes of at least 4 members (excludes halogenated alkanes) is 1. The number of nitrogens with zero attached hydrogens (tertiary/aromatic N) is 1. The molecule has 3 rings (SSSR count). The number of aliphatic hydroxyl groups is 1. The molecule has 0 aliphatic heterocycles. The van der Waals surface area contributed by atoms with Gasteiger partial charge in [0.2, 0.25) is 0 Å². The number of hydrogen-bond acceptors (Lipinski definition) is 2. The maximum atomic E-state index is 11.8. The van der Waals surface area contributed by atoms with E-state index in [0.717, 1.165) is 31.4 Å². The minimum Gasteiger partial charge on any atom is -0.389 e. The van der Waals surface area contributed by atoms with Gasteiger partial charge < -0.3 is 5.11 Å². The minimum absolute atomic E-state index is 0.0410. The Morgan fingerprint density at radius 1 is 1.27 bits per heavy atom. The molecular weight excluding hydrogens is 270 g/mol. The van der Waals surface area contributed by atoms with Crippen molar-refractivity contribution in [2.75, 3.05) is 0 Å². The van der Waals surface area contributed by atoms with Crippen LogP contribution in [0.2, 0.25) is 0 Å². The second-order valence-corrected chi connectivity index (χ2v) is 8.36. The van der Waals surface area contributed by atoms with Crippen LogP contribution in [0.4, 0.5) is 0 Å². The lowest BCUT2D eigenvalue weighted by Gasteiger charge is -2.48. The Labute approximate surface area is 135 Å². The number of hydrogen-bond donors (Lipinski definition) is 1. The molecule has 0 aromatic carbocycles. The van der Waals surface area contributed by atoms with E-state index in [-0.39, 0.29) is 10.8 Å². The minimum atomic E-state index is -0.535. The first-order valence-corrected chi connectivity index (χ1v) is 8.99. The Morgan fingerprint density at radius 2 is 2.05 bits per heavy atom. The predicted octanol–water partition coefficient (Wildman–Crippen LogP) is 4.62. The molecular formula is C20H31NO. The van der Waals surface area contributed by atoms with Gasteiger partial charge in [0.15, 0.2) is 0 Å². The van der Waals surface area contributed by atoms with Crippen LogP contribution in [-0.4, -0.2) is 15.7 Å². The molecule has 1 N–H and O–H groups in total. The van der Waals surface area contributed by atoms with E-state index in [1.165, 1.54) is 12.8 Å². The third-order valence-electron chi connectivity index (χ3n) is 7.43. The van der Waals surface area contributed by atoms with Crippen molar-refractivity contribution in [3.05, 3.63) is 30.1 Å². The summed E-state index contributed by atoms with van der Waals surface area (Å²) < 4.78 is 0. The third kappa shape index (κ3) is 1.99. The Hall–Kier alpha value is -0.890. The molecule has 122 valence electrons. The van der Waals surface area contributed by atoms with E-state index >= 15 is 0 Å². The molecule has 1 aromatic rings. The SMILES string of the molecule is CCCC[C@@]1(O)[C@H](Cc2ccccn2)[C@H]2CC[C@]1(C)C2(C)C. The van der Waals surface area contributed by atoms with Crippen LogP contribution in [0.15, 0.2) is 24.4 Å². The van der Waals surface area contributed by atoms with E-state index in [4.69, 9.17) is 0 Å². The highest BCUT2D eigenvalue weighted by molar-refractivity contribution is 5.23. The van der Waals surface area contributed by atoms with Crippen LogP contribution in [0, 0.1) is 22.7 Å².